The summed E-state index contributed by atoms with van der Waals surface area (Å²) in [6, 6.07) is 5.99. The van der Waals surface area contributed by atoms with Gasteiger partial charge in [-0.3, -0.25) is 0 Å². The Hall–Kier alpha value is -1.26. The number of benzene rings is 1. The van der Waals surface area contributed by atoms with Gasteiger partial charge in [0.15, 0.2) is 0 Å². The van der Waals surface area contributed by atoms with Gasteiger partial charge < -0.3 is 20.5 Å². The standard InChI is InChI=1S/C15H24N2O2/c1-11(16)15-13(6-3-7-14(15)19-2)17-8-4-5-12(9-17)10-18/h3,6-7,11-12,18H,4-5,8-10,16H2,1-2H3/t11-,12?/m1/s1. The van der Waals surface area contributed by atoms with Gasteiger partial charge >= 0.3 is 0 Å². The first-order valence-corrected chi connectivity index (χ1v) is 6.95. The zero-order chi connectivity index (χ0) is 13.8. The first-order chi connectivity index (χ1) is 9.17. The number of piperidine rings is 1. The molecular weight excluding hydrogens is 240 g/mol. The van der Waals surface area contributed by atoms with Crippen LogP contribution in [-0.4, -0.2) is 31.9 Å². The van der Waals surface area contributed by atoms with Crippen LogP contribution in [0, 0.1) is 5.92 Å². The number of methoxy groups -OCH3 is 1. The van der Waals surface area contributed by atoms with Gasteiger partial charge in [-0.05, 0) is 37.8 Å². The van der Waals surface area contributed by atoms with Crippen molar-refractivity contribution in [3.05, 3.63) is 23.8 Å². The third kappa shape index (κ3) is 3.01. The number of ether oxygens (including phenoxy) is 1. The molecule has 0 radical (unpaired) electrons. The average molecular weight is 264 g/mol. The van der Waals surface area contributed by atoms with Crippen molar-refractivity contribution < 1.29 is 9.84 Å². The van der Waals surface area contributed by atoms with Gasteiger partial charge in [-0.1, -0.05) is 6.07 Å². The van der Waals surface area contributed by atoms with E-state index in [9.17, 15) is 5.11 Å². The molecule has 19 heavy (non-hydrogen) atoms. The number of anilines is 1. The highest BCUT2D eigenvalue weighted by molar-refractivity contribution is 5.61. The van der Waals surface area contributed by atoms with Crippen molar-refractivity contribution in [3.63, 3.8) is 0 Å². The number of rotatable bonds is 4. The fourth-order valence-corrected chi connectivity index (χ4v) is 2.88. The van der Waals surface area contributed by atoms with Gasteiger partial charge in [0.25, 0.3) is 0 Å². The maximum Gasteiger partial charge on any atom is 0.125 e. The Morgan fingerprint density at radius 1 is 1.53 bits per heavy atom. The summed E-state index contributed by atoms with van der Waals surface area (Å²) in [5.74, 6) is 1.21. The molecule has 0 spiro atoms. The predicted molar refractivity (Wildman–Crippen MR) is 77.6 cm³/mol. The SMILES string of the molecule is COc1cccc(N2CCCC(CO)C2)c1[C@@H](C)N. The van der Waals surface area contributed by atoms with Crippen molar-refractivity contribution in [1.29, 1.82) is 0 Å². The lowest BCUT2D eigenvalue weighted by atomic mass is 9.96. The number of aliphatic hydroxyl groups is 1. The van der Waals surface area contributed by atoms with Gasteiger partial charge in [-0.25, -0.2) is 0 Å². The molecule has 0 aliphatic carbocycles. The molecule has 3 N–H and O–H groups in total. The van der Waals surface area contributed by atoms with Crippen LogP contribution in [0.4, 0.5) is 5.69 Å². The molecule has 2 atom stereocenters. The molecule has 4 nitrogen and oxygen atoms in total. The van der Waals surface area contributed by atoms with Crippen LogP contribution in [0.1, 0.15) is 31.4 Å². The van der Waals surface area contributed by atoms with Gasteiger partial charge in [-0.2, -0.15) is 0 Å². The zero-order valence-electron chi connectivity index (χ0n) is 11.8. The van der Waals surface area contributed by atoms with Crippen LogP contribution in [0.3, 0.4) is 0 Å². The normalized spacial score (nSPS) is 21.3. The second-order valence-electron chi connectivity index (χ2n) is 5.32. The van der Waals surface area contributed by atoms with E-state index in [1.807, 2.05) is 19.1 Å². The van der Waals surface area contributed by atoms with Crippen molar-refractivity contribution >= 4 is 5.69 Å². The third-order valence-corrected chi connectivity index (χ3v) is 3.84. The fraction of sp³-hybridized carbons (Fsp3) is 0.600. The van der Waals surface area contributed by atoms with Gasteiger partial charge in [0.05, 0.1) is 7.11 Å². The minimum Gasteiger partial charge on any atom is -0.496 e. The van der Waals surface area contributed by atoms with Crippen LogP contribution in [0.25, 0.3) is 0 Å². The van der Waals surface area contributed by atoms with Crippen LogP contribution in [0.5, 0.6) is 5.75 Å². The molecule has 106 valence electrons. The predicted octanol–water partition coefficient (Wildman–Crippen LogP) is 1.92. The monoisotopic (exact) mass is 264 g/mol. The maximum absolute atomic E-state index is 9.36. The largest absolute Gasteiger partial charge is 0.496 e. The second kappa shape index (κ2) is 6.26. The van der Waals surface area contributed by atoms with Gasteiger partial charge in [-0.15, -0.1) is 0 Å². The summed E-state index contributed by atoms with van der Waals surface area (Å²) in [6.07, 6.45) is 2.21. The zero-order valence-corrected chi connectivity index (χ0v) is 11.8. The molecule has 1 unspecified atom stereocenters. The van der Waals surface area contributed by atoms with E-state index in [-0.39, 0.29) is 12.6 Å². The molecule has 0 saturated carbocycles. The molecule has 1 aromatic carbocycles. The first-order valence-electron chi connectivity index (χ1n) is 6.95. The molecule has 1 heterocycles. The first kappa shape index (κ1) is 14.2. The van der Waals surface area contributed by atoms with Crippen LogP contribution in [-0.2, 0) is 0 Å². The van der Waals surface area contributed by atoms with E-state index in [0.717, 1.165) is 42.9 Å². The number of nitrogens with zero attached hydrogens (tertiary/aromatic N) is 1. The van der Waals surface area contributed by atoms with E-state index in [1.54, 1.807) is 7.11 Å². The Balaban J connectivity index is 2.33. The minimum absolute atomic E-state index is 0.0688. The highest BCUT2D eigenvalue weighted by Gasteiger charge is 2.23. The summed E-state index contributed by atoms with van der Waals surface area (Å²) in [4.78, 5) is 2.32. The highest BCUT2D eigenvalue weighted by atomic mass is 16.5. The van der Waals surface area contributed by atoms with Gasteiger partial charge in [0, 0.05) is 37.0 Å². The van der Waals surface area contributed by atoms with Gasteiger partial charge in [0.1, 0.15) is 5.75 Å². The van der Waals surface area contributed by atoms with Gasteiger partial charge in [0.2, 0.25) is 0 Å². The lowest BCUT2D eigenvalue weighted by Gasteiger charge is -2.35. The van der Waals surface area contributed by atoms with Crippen LogP contribution in [0.15, 0.2) is 18.2 Å². The Kier molecular flexibility index (Phi) is 4.66. The van der Waals surface area contributed by atoms with E-state index in [4.69, 9.17) is 10.5 Å². The Morgan fingerprint density at radius 2 is 2.32 bits per heavy atom. The molecule has 1 saturated heterocycles. The average Bonchev–Trinajstić information content (AvgIpc) is 2.46. The van der Waals surface area contributed by atoms with E-state index in [2.05, 4.69) is 11.0 Å². The molecule has 1 aromatic rings. The third-order valence-electron chi connectivity index (χ3n) is 3.84. The number of hydrogen-bond donors (Lipinski definition) is 2. The molecule has 4 heteroatoms. The molecular formula is C15H24N2O2. The molecule has 2 rings (SSSR count). The topological polar surface area (TPSA) is 58.7 Å². The summed E-state index contributed by atoms with van der Waals surface area (Å²) in [7, 11) is 1.68. The molecule has 1 aliphatic heterocycles. The van der Waals surface area contributed by atoms with E-state index in [1.165, 1.54) is 0 Å². The van der Waals surface area contributed by atoms with Crippen molar-refractivity contribution in [3.8, 4) is 5.75 Å². The number of hydrogen-bond acceptors (Lipinski definition) is 4. The maximum atomic E-state index is 9.36. The lowest BCUT2D eigenvalue weighted by molar-refractivity contribution is 0.208. The summed E-state index contributed by atoms with van der Waals surface area (Å²) >= 11 is 0. The van der Waals surface area contributed by atoms with Crippen LogP contribution < -0.4 is 15.4 Å². The fourth-order valence-electron chi connectivity index (χ4n) is 2.88. The second-order valence-corrected chi connectivity index (χ2v) is 5.32. The summed E-state index contributed by atoms with van der Waals surface area (Å²) in [5.41, 5.74) is 8.31. The number of aliphatic hydroxyl groups excluding tert-OH is 1. The Bertz CT molecular complexity index is 421. The summed E-state index contributed by atoms with van der Waals surface area (Å²) in [5, 5.41) is 9.36. The molecule has 0 aromatic heterocycles. The van der Waals surface area contributed by atoms with Crippen molar-refractivity contribution in [2.75, 3.05) is 31.7 Å². The highest BCUT2D eigenvalue weighted by Crippen LogP contribution is 2.35. The Morgan fingerprint density at radius 3 is 2.95 bits per heavy atom. The molecule has 0 amide bonds. The molecule has 0 bridgehead atoms. The molecule has 1 fully saturated rings. The van der Waals surface area contributed by atoms with E-state index >= 15 is 0 Å². The smallest absolute Gasteiger partial charge is 0.125 e. The summed E-state index contributed by atoms with van der Waals surface area (Å²) in [6.45, 7) is 4.15. The number of nitrogens with two attached hydrogens (primary N) is 1. The minimum atomic E-state index is -0.0688. The van der Waals surface area contributed by atoms with E-state index in [0.29, 0.717) is 5.92 Å². The van der Waals surface area contributed by atoms with Crippen LogP contribution in [0.2, 0.25) is 0 Å². The van der Waals surface area contributed by atoms with Crippen molar-refractivity contribution in [2.24, 2.45) is 11.7 Å². The van der Waals surface area contributed by atoms with Crippen molar-refractivity contribution in [1.82, 2.24) is 0 Å². The Labute approximate surface area is 115 Å². The molecule has 1 aliphatic rings. The lowest BCUT2D eigenvalue weighted by Crippen LogP contribution is -2.37. The quantitative estimate of drug-likeness (QED) is 0.872. The van der Waals surface area contributed by atoms with E-state index < -0.39 is 0 Å². The summed E-state index contributed by atoms with van der Waals surface area (Å²) < 4.78 is 5.44. The van der Waals surface area contributed by atoms with Crippen molar-refractivity contribution in [2.45, 2.75) is 25.8 Å². The van der Waals surface area contributed by atoms with Crippen LogP contribution >= 0.6 is 0 Å².